The molecule has 0 spiro atoms. The van der Waals surface area contributed by atoms with Crippen molar-refractivity contribution in [3.8, 4) is 22.3 Å². The maximum Gasteiger partial charge on any atom is 0.494 e. The van der Waals surface area contributed by atoms with Crippen LogP contribution in [0.3, 0.4) is 0 Å². The second-order valence-electron chi connectivity index (χ2n) is 15.6. The summed E-state index contributed by atoms with van der Waals surface area (Å²) >= 11 is 0. The topological polar surface area (TPSA) is 34.8 Å². The summed E-state index contributed by atoms with van der Waals surface area (Å²) in [4.78, 5) is 2.38. The number of hydrogen-bond acceptors (Lipinski definition) is 4. The van der Waals surface area contributed by atoms with E-state index < -0.39 is 18.3 Å². The SMILES string of the molecule is CC1(C)OB(c2ccc3ccc4ccc(N(c5ccc(-c6cccc7c6oc6ccccc67)cc5)c5ccccc5-c5ccccc5)cc4c3c2)OC1(C)C. The number of para-hydroxylation sites is 3. The van der Waals surface area contributed by atoms with Crippen LogP contribution >= 0.6 is 0 Å². The van der Waals surface area contributed by atoms with Crippen molar-refractivity contribution in [2.75, 3.05) is 4.90 Å². The molecule has 4 nitrogen and oxygen atoms in total. The first-order valence-electron chi connectivity index (χ1n) is 19.0. The minimum Gasteiger partial charge on any atom is -0.455 e. The van der Waals surface area contributed by atoms with Gasteiger partial charge in [-0.25, -0.2) is 0 Å². The van der Waals surface area contributed by atoms with Gasteiger partial charge in [-0.15, -0.1) is 0 Å². The Labute approximate surface area is 321 Å². The molecule has 5 heteroatoms. The van der Waals surface area contributed by atoms with E-state index >= 15 is 0 Å². The molecule has 10 rings (SSSR count). The van der Waals surface area contributed by atoms with Crippen LogP contribution in [0.1, 0.15) is 27.7 Å². The Morgan fingerprint density at radius 2 is 1.04 bits per heavy atom. The van der Waals surface area contributed by atoms with Gasteiger partial charge in [-0.05, 0) is 102 Å². The molecule has 9 aromatic rings. The molecule has 1 aliphatic rings. The quantitative estimate of drug-likeness (QED) is 0.127. The summed E-state index contributed by atoms with van der Waals surface area (Å²) in [5.74, 6) is 0. The lowest BCUT2D eigenvalue weighted by atomic mass is 9.78. The second-order valence-corrected chi connectivity index (χ2v) is 15.6. The average molecular weight is 714 g/mol. The third-order valence-electron chi connectivity index (χ3n) is 11.7. The molecule has 1 saturated heterocycles. The smallest absolute Gasteiger partial charge is 0.455 e. The van der Waals surface area contributed by atoms with Gasteiger partial charge >= 0.3 is 7.12 Å². The molecule has 1 aromatic heterocycles. The van der Waals surface area contributed by atoms with Crippen LogP contribution in [0.2, 0.25) is 0 Å². The first-order chi connectivity index (χ1) is 26.7. The van der Waals surface area contributed by atoms with E-state index in [9.17, 15) is 0 Å². The Kier molecular flexibility index (Phi) is 7.74. The van der Waals surface area contributed by atoms with Gasteiger partial charge in [0.25, 0.3) is 0 Å². The van der Waals surface area contributed by atoms with E-state index in [1.54, 1.807) is 0 Å². The van der Waals surface area contributed by atoms with Crippen LogP contribution in [0.15, 0.2) is 174 Å². The lowest BCUT2D eigenvalue weighted by Crippen LogP contribution is -2.41. The van der Waals surface area contributed by atoms with Crippen molar-refractivity contribution in [2.45, 2.75) is 38.9 Å². The van der Waals surface area contributed by atoms with Crippen molar-refractivity contribution >= 4 is 73.1 Å². The Balaban J connectivity index is 1.13. The summed E-state index contributed by atoms with van der Waals surface area (Å²) in [6.07, 6.45) is 0. The van der Waals surface area contributed by atoms with E-state index in [1.807, 2.05) is 12.1 Å². The molecule has 0 saturated carbocycles. The van der Waals surface area contributed by atoms with Gasteiger partial charge in [0.1, 0.15) is 11.2 Å². The highest BCUT2D eigenvalue weighted by Crippen LogP contribution is 2.44. The lowest BCUT2D eigenvalue weighted by Gasteiger charge is -2.32. The molecule has 0 bridgehead atoms. The number of anilines is 3. The molecular weight excluding hydrogens is 673 g/mol. The molecule has 8 aromatic carbocycles. The molecular formula is C50H40BNO3. The highest BCUT2D eigenvalue weighted by Gasteiger charge is 2.51. The van der Waals surface area contributed by atoms with Crippen LogP contribution in [0.25, 0.3) is 65.7 Å². The second kappa shape index (κ2) is 12.7. The molecule has 2 heterocycles. The Bertz CT molecular complexity index is 2880. The minimum absolute atomic E-state index is 0.417. The van der Waals surface area contributed by atoms with E-state index in [1.165, 1.54) is 16.2 Å². The molecule has 0 aliphatic carbocycles. The molecule has 55 heavy (non-hydrogen) atoms. The van der Waals surface area contributed by atoms with Crippen LogP contribution in [0.5, 0.6) is 0 Å². The standard InChI is InChI=1S/C50H40BNO3/c1-49(2)50(3,4)55-51(54-49)37-27-23-35-21-22-36-26-30-39(32-45(36)44(35)31-37)52(46-19-10-8-15-40(46)33-13-6-5-7-14-33)38-28-24-34(25-29-38)41-17-12-18-43-42-16-9-11-20-47(42)53-48(41)43/h5-32H,1-4H3. The summed E-state index contributed by atoms with van der Waals surface area (Å²) in [5, 5.41) is 6.94. The summed E-state index contributed by atoms with van der Waals surface area (Å²) in [5.41, 5.74) is 9.70. The largest absolute Gasteiger partial charge is 0.494 e. The van der Waals surface area contributed by atoms with Crippen LogP contribution in [0, 0.1) is 0 Å². The molecule has 1 aliphatic heterocycles. The summed E-state index contributed by atoms with van der Waals surface area (Å²) < 4.78 is 19.4. The minimum atomic E-state index is -0.439. The fourth-order valence-corrected chi connectivity index (χ4v) is 8.04. The van der Waals surface area contributed by atoms with E-state index in [2.05, 4.69) is 190 Å². The summed E-state index contributed by atoms with van der Waals surface area (Å²) in [6.45, 7) is 8.40. The Morgan fingerprint density at radius 3 is 1.82 bits per heavy atom. The van der Waals surface area contributed by atoms with Gasteiger partial charge < -0.3 is 18.6 Å². The van der Waals surface area contributed by atoms with Gasteiger partial charge in [0, 0.05) is 33.3 Å². The monoisotopic (exact) mass is 713 g/mol. The van der Waals surface area contributed by atoms with Crippen molar-refractivity contribution in [3.63, 3.8) is 0 Å². The number of fused-ring (bicyclic) bond motifs is 6. The summed E-state index contributed by atoms with van der Waals surface area (Å²) in [7, 11) is -0.439. The molecule has 0 N–H and O–H groups in total. The zero-order valence-electron chi connectivity index (χ0n) is 31.4. The van der Waals surface area contributed by atoms with E-state index in [4.69, 9.17) is 13.7 Å². The van der Waals surface area contributed by atoms with Crippen molar-refractivity contribution in [3.05, 3.63) is 170 Å². The first kappa shape index (κ1) is 33.4. The Morgan fingerprint density at radius 1 is 0.455 bits per heavy atom. The number of benzene rings is 8. The molecule has 0 radical (unpaired) electrons. The van der Waals surface area contributed by atoms with Crippen molar-refractivity contribution in [1.29, 1.82) is 0 Å². The Hall–Kier alpha value is -6.14. The number of furan rings is 1. The third kappa shape index (κ3) is 5.62. The number of hydrogen-bond donors (Lipinski definition) is 0. The predicted molar refractivity (Wildman–Crippen MR) is 230 cm³/mol. The molecule has 266 valence electrons. The van der Waals surface area contributed by atoms with E-state index in [-0.39, 0.29) is 0 Å². The third-order valence-corrected chi connectivity index (χ3v) is 11.7. The lowest BCUT2D eigenvalue weighted by molar-refractivity contribution is 0.00578. The number of rotatable bonds is 6. The van der Waals surface area contributed by atoms with Gasteiger partial charge in [-0.2, -0.15) is 0 Å². The van der Waals surface area contributed by atoms with Gasteiger partial charge in [-0.1, -0.05) is 133 Å². The van der Waals surface area contributed by atoms with Crippen LogP contribution < -0.4 is 10.4 Å². The zero-order valence-corrected chi connectivity index (χ0v) is 31.4. The highest BCUT2D eigenvalue weighted by molar-refractivity contribution is 6.62. The average Bonchev–Trinajstić information content (AvgIpc) is 3.70. The maximum absolute atomic E-state index is 6.49. The molecule has 0 unspecified atom stereocenters. The van der Waals surface area contributed by atoms with Gasteiger partial charge in [0.2, 0.25) is 0 Å². The van der Waals surface area contributed by atoms with Gasteiger partial charge in [-0.3, -0.25) is 0 Å². The van der Waals surface area contributed by atoms with Crippen LogP contribution in [-0.2, 0) is 9.31 Å². The maximum atomic E-state index is 6.49. The van der Waals surface area contributed by atoms with Crippen molar-refractivity contribution < 1.29 is 13.7 Å². The normalized spacial score (nSPS) is 15.0. The van der Waals surface area contributed by atoms with Gasteiger partial charge in [0.15, 0.2) is 0 Å². The van der Waals surface area contributed by atoms with Gasteiger partial charge in [0.05, 0.1) is 16.9 Å². The van der Waals surface area contributed by atoms with Crippen molar-refractivity contribution in [1.82, 2.24) is 0 Å². The molecule has 0 amide bonds. The van der Waals surface area contributed by atoms with Crippen LogP contribution in [0.4, 0.5) is 17.1 Å². The first-order valence-corrected chi connectivity index (χ1v) is 19.0. The fourth-order valence-electron chi connectivity index (χ4n) is 8.04. The number of nitrogens with zero attached hydrogens (tertiary/aromatic N) is 1. The summed E-state index contributed by atoms with van der Waals surface area (Å²) in [6, 6.07) is 60.6. The van der Waals surface area contributed by atoms with E-state index in [0.717, 1.165) is 72.1 Å². The van der Waals surface area contributed by atoms with Crippen molar-refractivity contribution in [2.24, 2.45) is 0 Å². The van der Waals surface area contributed by atoms with Crippen LogP contribution in [-0.4, -0.2) is 18.3 Å². The fraction of sp³-hybridized carbons (Fsp3) is 0.120. The predicted octanol–water partition coefficient (Wildman–Crippen LogP) is 13.0. The molecule has 1 fully saturated rings. The molecule has 0 atom stereocenters. The van der Waals surface area contributed by atoms with E-state index in [0.29, 0.717) is 0 Å². The zero-order chi connectivity index (χ0) is 37.3. The highest BCUT2D eigenvalue weighted by atomic mass is 16.7.